The van der Waals surface area contributed by atoms with Gasteiger partial charge in [-0.1, -0.05) is 261 Å². The van der Waals surface area contributed by atoms with E-state index in [2.05, 4.69) is 407 Å². The Morgan fingerprint density at radius 2 is 0.509 bits per heavy atom. The zero-order chi connectivity index (χ0) is 72.1. The first-order valence-corrected chi connectivity index (χ1v) is 39.3. The van der Waals surface area contributed by atoms with Crippen LogP contribution in [0.3, 0.4) is 0 Å². The van der Waals surface area contributed by atoms with Gasteiger partial charge < -0.3 is 18.3 Å². The van der Waals surface area contributed by atoms with E-state index in [1.807, 2.05) is 22.7 Å². The van der Waals surface area contributed by atoms with Crippen LogP contribution < -0.4 is 0 Å². The quantitative estimate of drug-likeness (QED) is 0.144. The first kappa shape index (κ1) is 62.3. The summed E-state index contributed by atoms with van der Waals surface area (Å²) in [6, 6.07) is 143. The fraction of sp³-hybridized carbons (Fsp3) is 0. The molecule has 4 nitrogen and oxygen atoms in total. The number of aromatic nitrogens is 4. The second-order valence-electron chi connectivity index (χ2n) is 29.1. The Balaban J connectivity index is 0.000000132. The topological polar surface area (TPSA) is 19.7 Å². The molecule has 0 spiro atoms. The number of fused-ring (bicyclic) bond motifs is 22. The van der Waals surface area contributed by atoms with Gasteiger partial charge in [-0.25, -0.2) is 0 Å². The summed E-state index contributed by atoms with van der Waals surface area (Å²) < 4.78 is 15.1. The average Bonchev–Trinajstić information content (AvgIpc) is 1.56. The lowest BCUT2D eigenvalue weighted by atomic mass is 10.00. The second-order valence-corrected chi connectivity index (χ2v) is 31.2. The highest BCUT2D eigenvalue weighted by Gasteiger charge is 2.24. The standard InChI is InChI=1S/2C52H32N2S/c1-2-10-33(11-3-1)35-18-23-39(24-19-35)53-47-16-8-6-14-41(47)45-31-37(21-28-48(45)53)38-22-29-49-46(32-38)43-26-27-44-42-15-7-9-17-50(42)55-52(44)51(43)54(49)40-25-20-34-12-4-5-13-36(34)30-40;1-2-10-33(11-3-1)35-18-23-39(24-19-35)53-46-16-8-6-14-41(46)44-31-37(21-27-47(44)53)38-22-28-48-45(32-38)42-26-29-50-51(43-15-7-9-17-49(43)55-50)52(42)54(48)40-25-20-34-12-4-5-13-36(34)30-40/h2*1-32H. The molecule has 0 fully saturated rings. The van der Waals surface area contributed by atoms with Crippen molar-refractivity contribution >= 4 is 172 Å². The van der Waals surface area contributed by atoms with Crippen molar-refractivity contribution < 1.29 is 0 Å². The predicted octanol–water partition coefficient (Wildman–Crippen LogP) is 29.5. The number of hydrogen-bond acceptors (Lipinski definition) is 2. The Labute approximate surface area is 640 Å². The molecule has 6 aromatic heterocycles. The van der Waals surface area contributed by atoms with E-state index in [1.54, 1.807) is 0 Å². The number of nitrogens with zero attached hydrogens (tertiary/aromatic N) is 4. The molecule has 0 N–H and O–H groups in total. The normalized spacial score (nSPS) is 12.0. The van der Waals surface area contributed by atoms with Gasteiger partial charge in [0.2, 0.25) is 0 Å². The lowest BCUT2D eigenvalue weighted by molar-refractivity contribution is 1.18. The van der Waals surface area contributed by atoms with Crippen molar-refractivity contribution in [3.8, 4) is 67.3 Å². The molecule has 0 radical (unpaired) electrons. The second kappa shape index (κ2) is 24.9. The molecule has 0 saturated heterocycles. The Bertz CT molecular complexity index is 7870. The molecule has 24 aromatic rings. The summed E-state index contributed by atoms with van der Waals surface area (Å²) in [5, 5.41) is 20.4. The van der Waals surface area contributed by atoms with E-state index in [1.165, 1.54) is 205 Å². The van der Waals surface area contributed by atoms with Gasteiger partial charge in [-0.05, 0) is 193 Å². The molecule has 0 aliphatic rings. The van der Waals surface area contributed by atoms with Gasteiger partial charge in [0.15, 0.2) is 0 Å². The minimum atomic E-state index is 1.16. The van der Waals surface area contributed by atoms with Gasteiger partial charge in [0, 0.05) is 101 Å². The highest BCUT2D eigenvalue weighted by atomic mass is 32.1. The molecule has 18 aromatic carbocycles. The Kier molecular flexibility index (Phi) is 14.1. The molecule has 0 saturated carbocycles. The van der Waals surface area contributed by atoms with Crippen LogP contribution in [-0.2, 0) is 0 Å². The molecule has 0 atom stereocenters. The maximum atomic E-state index is 2.50. The van der Waals surface area contributed by atoms with Crippen LogP contribution in [-0.4, -0.2) is 18.3 Å². The monoisotopic (exact) mass is 1430 g/mol. The van der Waals surface area contributed by atoms with Crippen molar-refractivity contribution in [2.75, 3.05) is 0 Å². The van der Waals surface area contributed by atoms with Crippen LogP contribution in [0.25, 0.3) is 216 Å². The third-order valence-electron chi connectivity index (χ3n) is 23.0. The maximum Gasteiger partial charge on any atom is 0.0719 e. The van der Waals surface area contributed by atoms with Crippen LogP contribution in [0.5, 0.6) is 0 Å². The Morgan fingerprint density at radius 1 is 0.164 bits per heavy atom. The van der Waals surface area contributed by atoms with Gasteiger partial charge >= 0.3 is 0 Å². The molecule has 24 rings (SSSR count). The van der Waals surface area contributed by atoms with Crippen molar-refractivity contribution in [3.05, 3.63) is 388 Å². The molecule has 512 valence electrons. The van der Waals surface area contributed by atoms with Crippen LogP contribution in [0.2, 0.25) is 0 Å². The fourth-order valence-corrected chi connectivity index (χ4v) is 20.2. The lowest BCUT2D eigenvalue weighted by Crippen LogP contribution is -1.94. The first-order valence-electron chi connectivity index (χ1n) is 37.7. The number of hydrogen-bond donors (Lipinski definition) is 0. The van der Waals surface area contributed by atoms with Crippen LogP contribution >= 0.6 is 22.7 Å². The minimum Gasteiger partial charge on any atom is -0.309 e. The molecule has 110 heavy (non-hydrogen) atoms. The third-order valence-corrected chi connectivity index (χ3v) is 25.3. The van der Waals surface area contributed by atoms with E-state index in [-0.39, 0.29) is 0 Å². The summed E-state index contributed by atoms with van der Waals surface area (Å²) in [7, 11) is 0. The Hall–Kier alpha value is -13.9. The Morgan fingerprint density at radius 3 is 1.02 bits per heavy atom. The smallest absolute Gasteiger partial charge is 0.0719 e. The van der Waals surface area contributed by atoms with E-state index in [0.29, 0.717) is 0 Å². The van der Waals surface area contributed by atoms with Gasteiger partial charge in [0.1, 0.15) is 0 Å². The number of benzene rings is 18. The highest BCUT2D eigenvalue weighted by Crippen LogP contribution is 2.48. The minimum absolute atomic E-state index is 1.16. The van der Waals surface area contributed by atoms with Crippen LogP contribution in [0.15, 0.2) is 388 Å². The lowest BCUT2D eigenvalue weighted by Gasteiger charge is -2.11. The highest BCUT2D eigenvalue weighted by molar-refractivity contribution is 7.27. The summed E-state index contributed by atoms with van der Waals surface area (Å²) >= 11 is 3.78. The molecule has 6 heteroatoms. The van der Waals surface area contributed by atoms with Crippen LogP contribution in [0.4, 0.5) is 0 Å². The predicted molar refractivity (Wildman–Crippen MR) is 473 cm³/mol. The van der Waals surface area contributed by atoms with E-state index < -0.39 is 0 Å². The molecule has 0 aliphatic heterocycles. The number of rotatable bonds is 8. The van der Waals surface area contributed by atoms with Crippen LogP contribution in [0, 0.1) is 0 Å². The zero-order valence-electron chi connectivity index (χ0n) is 59.6. The van der Waals surface area contributed by atoms with Gasteiger partial charge in [-0.15, -0.1) is 22.7 Å². The molecule has 0 bridgehead atoms. The van der Waals surface area contributed by atoms with Crippen molar-refractivity contribution in [1.29, 1.82) is 0 Å². The number of thiophene rings is 2. The summed E-state index contributed by atoms with van der Waals surface area (Å²) in [5.74, 6) is 0. The maximum absolute atomic E-state index is 2.50. The van der Waals surface area contributed by atoms with Gasteiger partial charge in [-0.2, -0.15) is 0 Å². The molecular weight excluding hydrogens is 1370 g/mol. The van der Waals surface area contributed by atoms with Gasteiger partial charge in [0.25, 0.3) is 0 Å². The summed E-state index contributed by atoms with van der Waals surface area (Å²) in [6.07, 6.45) is 0. The summed E-state index contributed by atoms with van der Waals surface area (Å²) in [5.41, 5.74) is 24.3. The number of para-hydroxylation sites is 2. The SMILES string of the molecule is c1ccc(-c2ccc(-n3c4ccccc4c4cc(-c5ccc6c(c5)c5ccc7c8ccccc8sc7c5n6-c5ccc6ccccc6c5)ccc43)cc2)cc1.c1ccc(-c2ccc(-n3c4ccccc4c4cc(-c5ccc6c(c5)c5ccc7sc8ccccc8c7c5n6-c5ccc6ccccc6c5)ccc43)cc2)cc1. The van der Waals surface area contributed by atoms with Crippen molar-refractivity contribution in [3.63, 3.8) is 0 Å². The zero-order valence-corrected chi connectivity index (χ0v) is 61.2. The largest absolute Gasteiger partial charge is 0.309 e. The van der Waals surface area contributed by atoms with E-state index in [0.717, 1.165) is 11.4 Å². The van der Waals surface area contributed by atoms with Crippen molar-refractivity contribution in [1.82, 2.24) is 18.3 Å². The molecule has 0 amide bonds. The summed E-state index contributed by atoms with van der Waals surface area (Å²) in [6.45, 7) is 0. The molecular formula is C104H64N4S2. The average molecular weight is 1430 g/mol. The fourth-order valence-electron chi connectivity index (χ4n) is 17.9. The van der Waals surface area contributed by atoms with Gasteiger partial charge in [0.05, 0.1) is 48.8 Å². The molecule has 0 unspecified atom stereocenters. The van der Waals surface area contributed by atoms with Crippen molar-refractivity contribution in [2.45, 2.75) is 0 Å². The first-order chi connectivity index (χ1) is 54.5. The van der Waals surface area contributed by atoms with E-state index in [4.69, 9.17) is 0 Å². The van der Waals surface area contributed by atoms with Gasteiger partial charge in [-0.3, -0.25) is 0 Å². The van der Waals surface area contributed by atoms with Crippen LogP contribution in [0.1, 0.15) is 0 Å². The summed E-state index contributed by atoms with van der Waals surface area (Å²) in [4.78, 5) is 0. The van der Waals surface area contributed by atoms with Crippen molar-refractivity contribution in [2.24, 2.45) is 0 Å². The molecule has 6 heterocycles. The van der Waals surface area contributed by atoms with E-state index in [9.17, 15) is 0 Å². The van der Waals surface area contributed by atoms with E-state index >= 15 is 0 Å². The molecule has 0 aliphatic carbocycles. The third kappa shape index (κ3) is 9.83.